The molecule has 1 aromatic heterocycles. The largest absolute Gasteiger partial charge is 0.464 e. The summed E-state index contributed by atoms with van der Waals surface area (Å²) in [6.45, 7) is 0.561. The Hall–Kier alpha value is -0.990. The van der Waals surface area contributed by atoms with Crippen LogP contribution in [0.25, 0.3) is 0 Å². The van der Waals surface area contributed by atoms with Crippen LogP contribution in [0.3, 0.4) is 0 Å². The number of thiazole rings is 1. The maximum absolute atomic E-state index is 12.6. The van der Waals surface area contributed by atoms with Gasteiger partial charge in [-0.25, -0.2) is 18.2 Å². The highest BCUT2D eigenvalue weighted by Crippen LogP contribution is 2.41. The SMILES string of the molecule is COC(=O)c1ncsc1S(=O)(=O)N1CC2CCC1C2. The number of carbonyl (C=O) groups is 1. The highest BCUT2D eigenvalue weighted by atomic mass is 32.2. The number of methoxy groups -OCH3 is 1. The van der Waals surface area contributed by atoms with Crippen molar-refractivity contribution in [3.63, 3.8) is 0 Å². The van der Waals surface area contributed by atoms with E-state index < -0.39 is 16.0 Å². The molecule has 0 N–H and O–H groups in total. The summed E-state index contributed by atoms with van der Waals surface area (Å²) >= 11 is 0.973. The van der Waals surface area contributed by atoms with Gasteiger partial charge in [0, 0.05) is 12.6 Å². The molecule has 104 valence electrons. The zero-order valence-corrected chi connectivity index (χ0v) is 12.0. The van der Waals surface area contributed by atoms with Crippen LogP contribution in [0.2, 0.25) is 0 Å². The van der Waals surface area contributed by atoms with Gasteiger partial charge in [-0.15, -0.1) is 11.3 Å². The number of piperidine rings is 1. The van der Waals surface area contributed by atoms with Gasteiger partial charge >= 0.3 is 5.97 Å². The Kier molecular flexibility index (Phi) is 3.11. The van der Waals surface area contributed by atoms with E-state index in [0.717, 1.165) is 30.6 Å². The quantitative estimate of drug-likeness (QED) is 0.782. The lowest BCUT2D eigenvalue weighted by Crippen LogP contribution is -2.37. The number of esters is 1. The molecule has 0 spiro atoms. The molecule has 8 heteroatoms. The molecule has 2 aliphatic rings. The first kappa shape index (κ1) is 13.0. The van der Waals surface area contributed by atoms with E-state index in [2.05, 4.69) is 9.72 Å². The molecule has 2 unspecified atom stereocenters. The van der Waals surface area contributed by atoms with Gasteiger partial charge in [0.15, 0.2) is 9.90 Å². The Labute approximate surface area is 115 Å². The lowest BCUT2D eigenvalue weighted by Gasteiger charge is -2.25. The van der Waals surface area contributed by atoms with Crippen LogP contribution < -0.4 is 0 Å². The molecule has 2 heterocycles. The molecule has 2 fully saturated rings. The van der Waals surface area contributed by atoms with Crippen LogP contribution in [-0.4, -0.2) is 43.4 Å². The van der Waals surface area contributed by atoms with Crippen molar-refractivity contribution in [1.82, 2.24) is 9.29 Å². The summed E-state index contributed by atoms with van der Waals surface area (Å²) in [4.78, 5) is 15.4. The molecule has 1 saturated heterocycles. The maximum Gasteiger partial charge on any atom is 0.358 e. The monoisotopic (exact) mass is 302 g/mol. The second kappa shape index (κ2) is 4.53. The van der Waals surface area contributed by atoms with Crippen LogP contribution in [0, 0.1) is 5.92 Å². The second-order valence-corrected chi connectivity index (χ2v) is 7.83. The minimum atomic E-state index is -3.62. The van der Waals surface area contributed by atoms with E-state index in [1.54, 1.807) is 0 Å². The molecule has 1 aromatic rings. The lowest BCUT2D eigenvalue weighted by atomic mass is 10.1. The van der Waals surface area contributed by atoms with Crippen LogP contribution in [0.4, 0.5) is 0 Å². The van der Waals surface area contributed by atoms with E-state index in [9.17, 15) is 13.2 Å². The number of rotatable bonds is 3. The standard InChI is InChI=1S/C11H14N2O4S2/c1-17-10(14)9-11(18-6-12-9)19(15,16)13-5-7-2-3-8(13)4-7/h6-8H,2-5H2,1H3. The van der Waals surface area contributed by atoms with Crippen LogP contribution in [0.5, 0.6) is 0 Å². The number of hydrogen-bond acceptors (Lipinski definition) is 6. The third-order valence-electron chi connectivity index (χ3n) is 3.82. The van der Waals surface area contributed by atoms with Crippen molar-refractivity contribution in [2.45, 2.75) is 29.5 Å². The van der Waals surface area contributed by atoms with Crippen LogP contribution in [0.15, 0.2) is 9.72 Å². The first-order valence-corrected chi connectivity index (χ1v) is 8.39. The van der Waals surface area contributed by atoms with Gasteiger partial charge in [0.25, 0.3) is 10.0 Å². The van der Waals surface area contributed by atoms with Gasteiger partial charge in [-0.05, 0) is 25.2 Å². The van der Waals surface area contributed by atoms with Crippen molar-refractivity contribution in [1.29, 1.82) is 0 Å². The number of fused-ring (bicyclic) bond motifs is 2. The van der Waals surface area contributed by atoms with Crippen molar-refractivity contribution < 1.29 is 17.9 Å². The zero-order valence-electron chi connectivity index (χ0n) is 10.4. The molecular weight excluding hydrogens is 288 g/mol. The highest BCUT2D eigenvalue weighted by Gasteiger charge is 2.45. The summed E-state index contributed by atoms with van der Waals surface area (Å²) in [5.41, 5.74) is 1.27. The van der Waals surface area contributed by atoms with E-state index in [1.807, 2.05) is 0 Å². The van der Waals surface area contributed by atoms with Gasteiger partial charge in [-0.3, -0.25) is 0 Å². The molecule has 3 rings (SSSR count). The molecule has 2 bridgehead atoms. The van der Waals surface area contributed by atoms with Crippen LogP contribution >= 0.6 is 11.3 Å². The molecular formula is C11H14N2O4S2. The van der Waals surface area contributed by atoms with E-state index in [0.29, 0.717) is 12.5 Å². The maximum atomic E-state index is 12.6. The fourth-order valence-corrected chi connectivity index (χ4v) is 5.92. The van der Waals surface area contributed by atoms with Gasteiger partial charge in [0.05, 0.1) is 12.6 Å². The van der Waals surface area contributed by atoms with Crippen molar-refractivity contribution >= 4 is 27.3 Å². The average molecular weight is 302 g/mol. The molecule has 2 atom stereocenters. The summed E-state index contributed by atoms with van der Waals surface area (Å²) < 4.78 is 31.3. The van der Waals surface area contributed by atoms with Crippen molar-refractivity contribution in [3.05, 3.63) is 11.2 Å². The van der Waals surface area contributed by atoms with Gasteiger partial charge in [0.2, 0.25) is 0 Å². The molecule has 1 aliphatic carbocycles. The van der Waals surface area contributed by atoms with E-state index in [4.69, 9.17) is 0 Å². The van der Waals surface area contributed by atoms with Crippen LogP contribution in [0.1, 0.15) is 29.8 Å². The lowest BCUT2D eigenvalue weighted by molar-refractivity contribution is 0.0590. The summed E-state index contributed by atoms with van der Waals surface area (Å²) in [7, 11) is -2.41. The molecule has 0 radical (unpaired) electrons. The highest BCUT2D eigenvalue weighted by molar-refractivity contribution is 7.91. The average Bonchev–Trinajstić information content (AvgIpc) is 3.12. The van der Waals surface area contributed by atoms with Gasteiger partial charge in [-0.2, -0.15) is 4.31 Å². The number of hydrogen-bond donors (Lipinski definition) is 0. The Morgan fingerprint density at radius 3 is 2.89 bits per heavy atom. The molecule has 1 aliphatic heterocycles. The predicted molar refractivity (Wildman–Crippen MR) is 68.5 cm³/mol. The van der Waals surface area contributed by atoms with Gasteiger partial charge in [-0.1, -0.05) is 0 Å². The van der Waals surface area contributed by atoms with E-state index >= 15 is 0 Å². The molecule has 0 aromatic carbocycles. The van der Waals surface area contributed by atoms with E-state index in [1.165, 1.54) is 16.9 Å². The first-order valence-electron chi connectivity index (χ1n) is 6.07. The number of ether oxygens (including phenoxy) is 1. The molecule has 1 saturated carbocycles. The zero-order chi connectivity index (χ0) is 13.6. The summed E-state index contributed by atoms with van der Waals surface area (Å²) in [6.07, 6.45) is 2.95. The van der Waals surface area contributed by atoms with Crippen molar-refractivity contribution in [2.75, 3.05) is 13.7 Å². The summed E-state index contributed by atoms with van der Waals surface area (Å²) in [6, 6.07) is 0.0857. The predicted octanol–water partition coefficient (Wildman–Crippen LogP) is 1.10. The molecule has 0 amide bonds. The van der Waals surface area contributed by atoms with Crippen molar-refractivity contribution in [2.24, 2.45) is 5.92 Å². The summed E-state index contributed by atoms with van der Waals surface area (Å²) in [5.74, 6) is -0.238. The van der Waals surface area contributed by atoms with Crippen LogP contribution in [-0.2, 0) is 14.8 Å². The Balaban J connectivity index is 1.97. The smallest absolute Gasteiger partial charge is 0.358 e. The van der Waals surface area contributed by atoms with Crippen molar-refractivity contribution in [3.8, 4) is 0 Å². The first-order chi connectivity index (χ1) is 9.04. The molecule has 6 nitrogen and oxygen atoms in total. The van der Waals surface area contributed by atoms with Gasteiger partial charge < -0.3 is 4.74 Å². The summed E-state index contributed by atoms with van der Waals surface area (Å²) in [5, 5.41) is 0. The topological polar surface area (TPSA) is 76.6 Å². The van der Waals surface area contributed by atoms with E-state index in [-0.39, 0.29) is 15.9 Å². The number of carbonyl (C=O) groups excluding carboxylic acids is 1. The third-order valence-corrected chi connectivity index (χ3v) is 7.08. The fourth-order valence-electron chi connectivity index (χ4n) is 2.93. The fraction of sp³-hybridized carbons (Fsp3) is 0.636. The number of aromatic nitrogens is 1. The third kappa shape index (κ3) is 1.98. The number of sulfonamides is 1. The minimum Gasteiger partial charge on any atom is -0.464 e. The second-order valence-electron chi connectivity index (χ2n) is 4.89. The normalized spacial score (nSPS) is 26.8. The number of nitrogens with zero attached hydrogens (tertiary/aromatic N) is 2. The Bertz CT molecular complexity index is 610. The Morgan fingerprint density at radius 2 is 2.32 bits per heavy atom. The minimum absolute atomic E-state index is 0.00639. The Morgan fingerprint density at radius 1 is 1.53 bits per heavy atom. The van der Waals surface area contributed by atoms with Gasteiger partial charge in [0.1, 0.15) is 0 Å². The molecule has 19 heavy (non-hydrogen) atoms.